The van der Waals surface area contributed by atoms with Crippen molar-refractivity contribution in [2.75, 3.05) is 0 Å². The van der Waals surface area contributed by atoms with Crippen molar-refractivity contribution in [1.82, 2.24) is 0 Å². The van der Waals surface area contributed by atoms with Gasteiger partial charge in [-0.25, -0.2) is 14.4 Å². The van der Waals surface area contributed by atoms with Gasteiger partial charge in [0.2, 0.25) is 0 Å². The number of rotatable bonds is 1. The number of cyclic esters (lactones) is 2. The first-order valence-corrected chi connectivity index (χ1v) is 6.14. The highest BCUT2D eigenvalue weighted by atomic mass is 16.7. The number of urea groups is 1. The maximum atomic E-state index is 11.9. The molecule has 2 heterocycles. The van der Waals surface area contributed by atoms with Crippen LogP contribution in [0.4, 0.5) is 4.79 Å². The largest absolute Gasteiger partial charge is 0.419 e. The molecule has 21 heavy (non-hydrogen) atoms. The number of ether oxygens (including phenoxy) is 2. The minimum atomic E-state index is -1.29. The smallest absolute Gasteiger partial charge is 0.368 e. The molecule has 0 radical (unpaired) electrons. The zero-order chi connectivity index (χ0) is 15.2. The summed E-state index contributed by atoms with van der Waals surface area (Å²) in [5.41, 5.74) is 0.169. The summed E-state index contributed by atoms with van der Waals surface area (Å²) in [5, 5.41) is 0.715. The van der Waals surface area contributed by atoms with E-state index in [2.05, 4.69) is 9.98 Å². The third-order valence-electron chi connectivity index (χ3n) is 2.89. The highest BCUT2D eigenvalue weighted by molar-refractivity contribution is 6.18. The first-order valence-electron chi connectivity index (χ1n) is 6.14. The van der Waals surface area contributed by atoms with Gasteiger partial charge in [0.1, 0.15) is 10.9 Å². The molecule has 106 valence electrons. The van der Waals surface area contributed by atoms with Gasteiger partial charge in [0.25, 0.3) is 5.79 Å². The van der Waals surface area contributed by atoms with E-state index in [0.29, 0.717) is 16.3 Å². The van der Waals surface area contributed by atoms with Gasteiger partial charge in [-0.2, -0.15) is 9.98 Å². The molecule has 0 aliphatic carbocycles. The van der Waals surface area contributed by atoms with Crippen LogP contribution in [0.25, 0.3) is 6.08 Å². The van der Waals surface area contributed by atoms with Crippen molar-refractivity contribution in [2.24, 2.45) is 9.98 Å². The standard InChI is InChI=1S/C14H10N2O5/c1-14(2)20-11(17)8(12(18)21-14)6-7-4-3-5-9-10(7)16-13(19)15-9/h3-6H,1-2H3. The Morgan fingerprint density at radius 3 is 2.38 bits per heavy atom. The van der Waals surface area contributed by atoms with Gasteiger partial charge in [-0.05, 0) is 12.1 Å². The van der Waals surface area contributed by atoms with E-state index >= 15 is 0 Å². The van der Waals surface area contributed by atoms with Gasteiger partial charge in [0.15, 0.2) is 0 Å². The van der Waals surface area contributed by atoms with Crippen molar-refractivity contribution in [2.45, 2.75) is 19.6 Å². The number of nitrogens with zero attached hydrogens (tertiary/aromatic N) is 2. The zero-order valence-corrected chi connectivity index (χ0v) is 11.2. The summed E-state index contributed by atoms with van der Waals surface area (Å²) in [6.07, 6.45) is 1.29. The van der Waals surface area contributed by atoms with Crippen LogP contribution in [0.2, 0.25) is 0 Å². The summed E-state index contributed by atoms with van der Waals surface area (Å²) < 4.78 is 10.00. The summed E-state index contributed by atoms with van der Waals surface area (Å²) in [4.78, 5) is 42.4. The molecule has 0 unspecified atom stereocenters. The summed E-state index contributed by atoms with van der Waals surface area (Å²) in [6.45, 7) is 2.93. The number of carbonyl (C=O) groups excluding carboxylic acids is 3. The molecule has 2 aliphatic heterocycles. The molecular weight excluding hydrogens is 276 g/mol. The maximum absolute atomic E-state index is 11.9. The first kappa shape index (κ1) is 13.2. The quantitative estimate of drug-likeness (QED) is 0.420. The third-order valence-corrected chi connectivity index (χ3v) is 2.89. The van der Waals surface area contributed by atoms with Gasteiger partial charge in [0, 0.05) is 19.4 Å². The Kier molecular flexibility index (Phi) is 2.72. The normalized spacial score (nSPS) is 19.1. The molecule has 0 bridgehead atoms. The van der Waals surface area contributed by atoms with Crippen LogP contribution in [-0.4, -0.2) is 23.8 Å². The van der Waals surface area contributed by atoms with E-state index in [0.717, 1.165) is 0 Å². The second-order valence-electron chi connectivity index (χ2n) is 4.96. The Hall–Kier alpha value is -2.83. The van der Waals surface area contributed by atoms with Crippen molar-refractivity contribution >= 4 is 24.0 Å². The average Bonchev–Trinajstić information content (AvgIpc) is 2.73. The van der Waals surface area contributed by atoms with Crippen LogP contribution in [-0.2, 0) is 19.1 Å². The Labute approximate surface area is 118 Å². The maximum Gasteiger partial charge on any atom is 0.368 e. The van der Waals surface area contributed by atoms with E-state index in [4.69, 9.17) is 9.47 Å². The molecular formula is C14H10N2O5. The Morgan fingerprint density at radius 2 is 1.71 bits per heavy atom. The molecule has 1 saturated heterocycles. The lowest BCUT2D eigenvalue weighted by molar-refractivity contribution is -0.222. The highest BCUT2D eigenvalue weighted by Crippen LogP contribution is 2.23. The van der Waals surface area contributed by atoms with Gasteiger partial charge >= 0.3 is 18.0 Å². The fourth-order valence-corrected chi connectivity index (χ4v) is 2.03. The van der Waals surface area contributed by atoms with Gasteiger partial charge < -0.3 is 9.47 Å². The van der Waals surface area contributed by atoms with Crippen LogP contribution in [0.1, 0.15) is 19.4 Å². The summed E-state index contributed by atoms with van der Waals surface area (Å²) in [6, 6.07) is 4.26. The number of para-hydroxylation sites is 1. The Balaban J connectivity index is 2.10. The lowest BCUT2D eigenvalue weighted by Gasteiger charge is -2.29. The molecule has 2 amide bonds. The fraction of sp³-hybridized carbons (Fsp3) is 0.214. The average molecular weight is 286 g/mol. The van der Waals surface area contributed by atoms with Crippen LogP contribution in [0.15, 0.2) is 33.8 Å². The molecule has 3 rings (SSSR count). The van der Waals surface area contributed by atoms with Crippen LogP contribution < -0.4 is 10.7 Å². The van der Waals surface area contributed by atoms with Crippen molar-refractivity contribution < 1.29 is 23.9 Å². The number of benzene rings is 1. The summed E-state index contributed by atoms with van der Waals surface area (Å²) in [5.74, 6) is -2.86. The van der Waals surface area contributed by atoms with Gasteiger partial charge in [0.05, 0.1) is 5.36 Å². The number of fused-ring (bicyclic) bond motifs is 1. The molecule has 2 aliphatic rings. The second kappa shape index (κ2) is 4.34. The number of hydrogen-bond donors (Lipinski definition) is 0. The van der Waals surface area contributed by atoms with Gasteiger partial charge in [-0.3, -0.25) is 0 Å². The third kappa shape index (κ3) is 2.33. The first-order chi connectivity index (χ1) is 9.85. The van der Waals surface area contributed by atoms with E-state index < -0.39 is 23.8 Å². The minimum Gasteiger partial charge on any atom is -0.419 e. The van der Waals surface area contributed by atoms with Crippen molar-refractivity contribution in [3.05, 3.63) is 40.1 Å². The molecule has 0 N–H and O–H groups in total. The second-order valence-corrected chi connectivity index (χ2v) is 4.96. The molecule has 0 saturated carbocycles. The monoisotopic (exact) mass is 286 g/mol. The van der Waals surface area contributed by atoms with E-state index in [1.165, 1.54) is 19.9 Å². The molecule has 1 fully saturated rings. The van der Waals surface area contributed by atoms with E-state index in [1.54, 1.807) is 18.2 Å². The van der Waals surface area contributed by atoms with Crippen molar-refractivity contribution in [1.29, 1.82) is 0 Å². The lowest BCUT2D eigenvalue weighted by atomic mass is 10.1. The van der Waals surface area contributed by atoms with E-state index in [-0.39, 0.29) is 5.57 Å². The number of amides is 2. The number of carbonyl (C=O) groups is 3. The molecule has 1 aromatic rings. The van der Waals surface area contributed by atoms with Crippen molar-refractivity contribution in [3.8, 4) is 0 Å². The molecule has 0 aromatic heterocycles. The van der Waals surface area contributed by atoms with Gasteiger partial charge in [-0.1, -0.05) is 12.1 Å². The van der Waals surface area contributed by atoms with Crippen LogP contribution >= 0.6 is 0 Å². The Morgan fingerprint density at radius 1 is 1.05 bits per heavy atom. The minimum absolute atomic E-state index is 0.253. The molecule has 7 heteroatoms. The number of esters is 2. The van der Waals surface area contributed by atoms with Gasteiger partial charge in [-0.15, -0.1) is 0 Å². The SMILES string of the molecule is CC1(C)OC(=O)C(=Cc2cccc3c2=NC(=O)N=3)C(=O)O1. The molecule has 1 aromatic carbocycles. The predicted octanol–water partition coefficient (Wildman–Crippen LogP) is 0.279. The summed E-state index contributed by atoms with van der Waals surface area (Å²) >= 11 is 0. The predicted molar refractivity (Wildman–Crippen MR) is 68.4 cm³/mol. The molecule has 0 atom stereocenters. The Bertz CT molecular complexity index is 813. The highest BCUT2D eigenvalue weighted by Gasteiger charge is 2.38. The van der Waals surface area contributed by atoms with Crippen LogP contribution in [0, 0.1) is 0 Å². The van der Waals surface area contributed by atoms with E-state index in [9.17, 15) is 14.4 Å². The summed E-state index contributed by atoms with van der Waals surface area (Å²) in [7, 11) is 0. The lowest BCUT2D eigenvalue weighted by Crippen LogP contribution is -2.41. The zero-order valence-electron chi connectivity index (χ0n) is 11.2. The molecule has 0 spiro atoms. The number of hydrogen-bond acceptors (Lipinski definition) is 5. The van der Waals surface area contributed by atoms with Crippen LogP contribution in [0.5, 0.6) is 0 Å². The van der Waals surface area contributed by atoms with Crippen molar-refractivity contribution in [3.63, 3.8) is 0 Å². The van der Waals surface area contributed by atoms with Crippen LogP contribution in [0.3, 0.4) is 0 Å². The topological polar surface area (TPSA) is 94.4 Å². The molecule has 7 nitrogen and oxygen atoms in total. The fourth-order valence-electron chi connectivity index (χ4n) is 2.03. The van der Waals surface area contributed by atoms with E-state index in [1.807, 2.05) is 0 Å².